The average Bonchev–Trinajstić information content (AvgIpc) is 2.45. The molecule has 8 heteroatoms. The Morgan fingerprint density at radius 3 is 2.35 bits per heavy atom. The Morgan fingerprint density at radius 1 is 1.13 bits per heavy atom. The largest absolute Gasteiger partial charge is 0.484 e. The maximum Gasteiger partial charge on any atom is 0.422 e. The second-order valence-corrected chi connectivity index (χ2v) is 5.67. The third kappa shape index (κ3) is 5.38. The number of alkyl halides is 3. The van der Waals surface area contributed by atoms with Crippen LogP contribution in [0.2, 0.25) is 0 Å². The zero-order valence-corrected chi connectivity index (χ0v) is 13.6. The molecule has 23 heavy (non-hydrogen) atoms. The predicted octanol–water partition coefficient (Wildman–Crippen LogP) is 4.62. The summed E-state index contributed by atoms with van der Waals surface area (Å²) in [5.41, 5.74) is 0.680. The van der Waals surface area contributed by atoms with E-state index in [0.29, 0.717) is 14.8 Å². The van der Waals surface area contributed by atoms with Gasteiger partial charge in [-0.15, -0.1) is 0 Å². The molecule has 3 nitrogen and oxygen atoms in total. The van der Waals surface area contributed by atoms with Gasteiger partial charge >= 0.3 is 6.18 Å². The molecule has 0 saturated heterocycles. The Balaban J connectivity index is 2.01. The number of carbonyl (C=O) groups excluding carboxylic acids is 1. The van der Waals surface area contributed by atoms with Crippen molar-refractivity contribution < 1.29 is 27.1 Å². The molecule has 0 aliphatic rings. The lowest BCUT2D eigenvalue weighted by atomic mass is 10.2. The third-order valence-corrected chi connectivity index (χ3v) is 3.58. The van der Waals surface area contributed by atoms with Crippen molar-refractivity contribution in [3.05, 3.63) is 57.4 Å². The first kappa shape index (κ1) is 17.5. The molecule has 1 amide bonds. The number of rotatable bonds is 4. The monoisotopic (exact) mass is 439 g/mol. The van der Waals surface area contributed by atoms with Crippen LogP contribution in [0.5, 0.6) is 5.75 Å². The lowest BCUT2D eigenvalue weighted by Crippen LogP contribution is -2.19. The van der Waals surface area contributed by atoms with Crippen LogP contribution in [0.25, 0.3) is 0 Å². The number of amides is 1. The van der Waals surface area contributed by atoms with Gasteiger partial charge in [-0.3, -0.25) is 4.79 Å². The highest BCUT2D eigenvalue weighted by atomic mass is 127. The van der Waals surface area contributed by atoms with Crippen LogP contribution in [0.4, 0.5) is 23.2 Å². The van der Waals surface area contributed by atoms with Crippen molar-refractivity contribution in [1.82, 2.24) is 0 Å². The summed E-state index contributed by atoms with van der Waals surface area (Å²) in [5, 5.41) is 2.57. The molecule has 0 atom stereocenters. The zero-order valence-electron chi connectivity index (χ0n) is 11.5. The Morgan fingerprint density at radius 2 is 1.78 bits per heavy atom. The first-order chi connectivity index (χ1) is 10.7. The van der Waals surface area contributed by atoms with E-state index < -0.39 is 24.5 Å². The molecule has 0 fully saturated rings. The molecule has 0 aromatic heterocycles. The molecular weight excluding hydrogens is 429 g/mol. The van der Waals surface area contributed by atoms with E-state index in [4.69, 9.17) is 0 Å². The summed E-state index contributed by atoms with van der Waals surface area (Å²) in [4.78, 5) is 12.1. The molecule has 0 heterocycles. The van der Waals surface area contributed by atoms with Gasteiger partial charge in [-0.05, 0) is 65.1 Å². The first-order valence-electron chi connectivity index (χ1n) is 6.30. The van der Waals surface area contributed by atoms with Gasteiger partial charge in [0.25, 0.3) is 5.91 Å². The highest BCUT2D eigenvalue weighted by Gasteiger charge is 2.28. The fraction of sp³-hybridized carbons (Fsp3) is 0.133. The van der Waals surface area contributed by atoms with Crippen molar-refractivity contribution >= 4 is 34.2 Å². The topological polar surface area (TPSA) is 38.3 Å². The number of ether oxygens (including phenoxy) is 1. The molecule has 0 saturated carbocycles. The van der Waals surface area contributed by atoms with E-state index in [1.807, 2.05) is 22.6 Å². The molecule has 2 aromatic carbocycles. The van der Waals surface area contributed by atoms with Crippen LogP contribution in [-0.4, -0.2) is 18.7 Å². The van der Waals surface area contributed by atoms with Crippen molar-refractivity contribution in [3.63, 3.8) is 0 Å². The second-order valence-electron chi connectivity index (χ2n) is 4.51. The minimum Gasteiger partial charge on any atom is -0.484 e. The van der Waals surface area contributed by atoms with Crippen molar-refractivity contribution in [2.24, 2.45) is 0 Å². The molecule has 0 radical (unpaired) electrons. The lowest BCUT2D eigenvalue weighted by molar-refractivity contribution is -0.153. The molecule has 0 spiro atoms. The summed E-state index contributed by atoms with van der Waals surface area (Å²) in [7, 11) is 0. The quantitative estimate of drug-likeness (QED) is 0.558. The van der Waals surface area contributed by atoms with Crippen molar-refractivity contribution in [1.29, 1.82) is 0 Å². The number of hydrogen-bond acceptors (Lipinski definition) is 2. The van der Waals surface area contributed by atoms with Gasteiger partial charge in [-0.1, -0.05) is 0 Å². The van der Waals surface area contributed by atoms with Gasteiger partial charge in [0.1, 0.15) is 11.6 Å². The van der Waals surface area contributed by atoms with E-state index in [1.54, 1.807) is 0 Å². The Bertz CT molecular complexity index is 702. The molecule has 122 valence electrons. The molecular formula is C15H10F4INO2. The van der Waals surface area contributed by atoms with E-state index in [1.165, 1.54) is 42.5 Å². The predicted molar refractivity (Wildman–Crippen MR) is 85.1 cm³/mol. The first-order valence-corrected chi connectivity index (χ1v) is 7.38. The molecule has 0 aliphatic carbocycles. The summed E-state index contributed by atoms with van der Waals surface area (Å²) in [6.45, 7) is -1.38. The van der Waals surface area contributed by atoms with Crippen LogP contribution < -0.4 is 10.1 Å². The highest BCUT2D eigenvalue weighted by molar-refractivity contribution is 14.1. The van der Waals surface area contributed by atoms with Crippen LogP contribution >= 0.6 is 22.6 Å². The number of hydrogen-bond donors (Lipinski definition) is 1. The second kappa shape index (κ2) is 7.16. The fourth-order valence-corrected chi connectivity index (χ4v) is 2.39. The van der Waals surface area contributed by atoms with Crippen molar-refractivity contribution in [2.75, 3.05) is 11.9 Å². The van der Waals surface area contributed by atoms with Crippen molar-refractivity contribution in [3.8, 4) is 5.75 Å². The number of benzene rings is 2. The summed E-state index contributed by atoms with van der Waals surface area (Å²) in [6.07, 6.45) is -4.41. The van der Waals surface area contributed by atoms with Gasteiger partial charge in [0, 0.05) is 9.26 Å². The summed E-state index contributed by atoms with van der Waals surface area (Å²) < 4.78 is 54.1. The van der Waals surface area contributed by atoms with Crippen LogP contribution in [0.1, 0.15) is 10.4 Å². The fourth-order valence-electron chi connectivity index (χ4n) is 1.67. The van der Waals surface area contributed by atoms with Gasteiger partial charge < -0.3 is 10.1 Å². The minimum atomic E-state index is -4.41. The van der Waals surface area contributed by atoms with E-state index in [9.17, 15) is 22.4 Å². The Hall–Kier alpha value is -1.84. The summed E-state index contributed by atoms with van der Waals surface area (Å²) >= 11 is 1.84. The van der Waals surface area contributed by atoms with Crippen molar-refractivity contribution in [2.45, 2.75) is 6.18 Å². The maximum atomic E-state index is 13.0. The number of halogens is 5. The molecule has 2 rings (SSSR count). The molecule has 0 unspecified atom stereocenters. The number of anilines is 1. The standard InChI is InChI=1S/C15H10F4INO2/c16-9-1-6-12(13(20)7-9)14(22)21-10-2-4-11(5-3-10)23-8-15(17,18)19/h1-7H,8H2,(H,21,22). The highest BCUT2D eigenvalue weighted by Crippen LogP contribution is 2.21. The maximum absolute atomic E-state index is 13.0. The average molecular weight is 439 g/mol. The summed E-state index contributed by atoms with van der Waals surface area (Å²) in [6, 6.07) is 9.22. The van der Waals surface area contributed by atoms with Gasteiger partial charge in [0.15, 0.2) is 6.61 Å². The Labute approximate surface area is 142 Å². The minimum absolute atomic E-state index is 0.0386. The molecule has 0 aliphatic heterocycles. The van der Waals surface area contributed by atoms with E-state index in [2.05, 4.69) is 10.1 Å². The lowest BCUT2D eigenvalue weighted by Gasteiger charge is -2.10. The van der Waals surface area contributed by atoms with Gasteiger partial charge in [0.2, 0.25) is 0 Å². The van der Waals surface area contributed by atoms with Gasteiger partial charge in [-0.25, -0.2) is 4.39 Å². The van der Waals surface area contributed by atoms with Crippen LogP contribution in [0.3, 0.4) is 0 Å². The van der Waals surface area contributed by atoms with Gasteiger partial charge in [-0.2, -0.15) is 13.2 Å². The summed E-state index contributed by atoms with van der Waals surface area (Å²) in [5.74, 6) is -0.854. The normalized spacial score (nSPS) is 11.2. The van der Waals surface area contributed by atoms with Gasteiger partial charge in [0.05, 0.1) is 5.56 Å². The molecule has 1 N–H and O–H groups in total. The Kier molecular flexibility index (Phi) is 5.45. The van der Waals surface area contributed by atoms with Crippen LogP contribution in [0.15, 0.2) is 42.5 Å². The van der Waals surface area contributed by atoms with Crippen LogP contribution in [-0.2, 0) is 0 Å². The van der Waals surface area contributed by atoms with Crippen LogP contribution in [0, 0.1) is 9.39 Å². The number of carbonyl (C=O) groups is 1. The number of nitrogens with one attached hydrogen (secondary N) is 1. The molecule has 0 bridgehead atoms. The molecule has 2 aromatic rings. The van der Waals surface area contributed by atoms with E-state index >= 15 is 0 Å². The van der Waals surface area contributed by atoms with E-state index in [-0.39, 0.29) is 5.75 Å². The smallest absolute Gasteiger partial charge is 0.422 e. The van der Waals surface area contributed by atoms with E-state index in [0.717, 1.165) is 0 Å². The third-order valence-electron chi connectivity index (χ3n) is 2.69. The zero-order chi connectivity index (χ0) is 17.0. The SMILES string of the molecule is O=C(Nc1ccc(OCC(F)(F)F)cc1)c1ccc(F)cc1I.